The van der Waals surface area contributed by atoms with Crippen LogP contribution in [0.2, 0.25) is 5.02 Å². The molecule has 20 heavy (non-hydrogen) atoms. The molecule has 0 saturated heterocycles. The molecule has 1 aromatic rings. The van der Waals surface area contributed by atoms with Crippen molar-refractivity contribution in [2.45, 2.75) is 44.3 Å². The molecule has 4 nitrogen and oxygen atoms in total. The van der Waals surface area contributed by atoms with Gasteiger partial charge in [-0.05, 0) is 39.3 Å². The molecule has 0 saturated carbocycles. The molecule has 0 aliphatic rings. The molecular weight excluding hydrogens is 300 g/mol. The summed E-state index contributed by atoms with van der Waals surface area (Å²) in [6.07, 6.45) is 0. The van der Waals surface area contributed by atoms with Gasteiger partial charge in [-0.1, -0.05) is 29.8 Å². The molecule has 1 atom stereocenters. The Bertz CT molecular complexity index is 587. The highest BCUT2D eigenvalue weighted by molar-refractivity contribution is 7.92. The van der Waals surface area contributed by atoms with Crippen LogP contribution in [0.1, 0.15) is 33.3 Å². The minimum absolute atomic E-state index is 0.285. The molecule has 112 valence electrons. The summed E-state index contributed by atoms with van der Waals surface area (Å²) in [5.41, 5.74) is -0.241. The van der Waals surface area contributed by atoms with Crippen molar-refractivity contribution in [3.05, 3.63) is 34.9 Å². The topological polar surface area (TPSA) is 60.4 Å². The third kappa shape index (κ3) is 4.80. The Hall–Kier alpha value is -1.07. The van der Waals surface area contributed by atoms with Crippen LogP contribution in [-0.4, -0.2) is 25.2 Å². The Labute approximate surface area is 125 Å². The van der Waals surface area contributed by atoms with Gasteiger partial charge in [0.15, 0.2) is 15.1 Å². The van der Waals surface area contributed by atoms with Crippen LogP contribution in [0.5, 0.6) is 0 Å². The standard InChI is InChI=1S/C14H19ClO4S/c1-10(13(16)19-14(2,3)4)20(17,18)9-11-7-5-6-8-12(11)15/h5-8,10H,9H2,1-4H3. The SMILES string of the molecule is CC(C(=O)OC(C)(C)C)S(=O)(=O)Cc1ccccc1Cl. The van der Waals surface area contributed by atoms with E-state index in [0.717, 1.165) is 0 Å². The number of sulfone groups is 1. The summed E-state index contributed by atoms with van der Waals surface area (Å²) in [5.74, 6) is -1.03. The fourth-order valence-corrected chi connectivity index (χ4v) is 3.05. The quantitative estimate of drug-likeness (QED) is 0.801. The number of esters is 1. The summed E-state index contributed by atoms with van der Waals surface area (Å²) in [4.78, 5) is 11.8. The van der Waals surface area contributed by atoms with E-state index in [-0.39, 0.29) is 5.75 Å². The summed E-state index contributed by atoms with van der Waals surface area (Å²) in [6.45, 7) is 6.41. The summed E-state index contributed by atoms with van der Waals surface area (Å²) in [7, 11) is -3.67. The van der Waals surface area contributed by atoms with Gasteiger partial charge in [0.25, 0.3) is 0 Å². The molecule has 1 rings (SSSR count). The average Bonchev–Trinajstić information content (AvgIpc) is 2.28. The van der Waals surface area contributed by atoms with Crippen molar-refractivity contribution >= 4 is 27.4 Å². The molecule has 0 heterocycles. The smallest absolute Gasteiger partial charge is 0.324 e. The third-order valence-electron chi connectivity index (χ3n) is 2.59. The Kier molecular flexibility index (Phi) is 5.21. The molecular formula is C14H19ClO4S. The van der Waals surface area contributed by atoms with Gasteiger partial charge in [0, 0.05) is 5.02 Å². The van der Waals surface area contributed by atoms with Gasteiger partial charge >= 0.3 is 5.97 Å². The maximum absolute atomic E-state index is 12.2. The van der Waals surface area contributed by atoms with Crippen LogP contribution in [0.15, 0.2) is 24.3 Å². The van der Waals surface area contributed by atoms with Crippen molar-refractivity contribution in [1.82, 2.24) is 0 Å². The second kappa shape index (κ2) is 6.14. The first kappa shape index (κ1) is 17.0. The maximum atomic E-state index is 12.2. The van der Waals surface area contributed by atoms with E-state index < -0.39 is 26.7 Å². The van der Waals surface area contributed by atoms with Gasteiger partial charge in [0.1, 0.15) is 5.60 Å². The maximum Gasteiger partial charge on any atom is 0.324 e. The molecule has 0 aliphatic carbocycles. The molecule has 0 amide bonds. The number of carbonyl (C=O) groups is 1. The Morgan fingerprint density at radius 1 is 1.30 bits per heavy atom. The number of carbonyl (C=O) groups excluding carboxylic acids is 1. The van der Waals surface area contributed by atoms with Crippen LogP contribution >= 0.6 is 11.6 Å². The highest BCUT2D eigenvalue weighted by Crippen LogP contribution is 2.21. The molecule has 0 aliphatic heterocycles. The first-order valence-corrected chi connectivity index (χ1v) is 8.30. The molecule has 0 fully saturated rings. The lowest BCUT2D eigenvalue weighted by Crippen LogP contribution is -2.35. The zero-order valence-electron chi connectivity index (χ0n) is 12.0. The number of benzene rings is 1. The summed E-state index contributed by atoms with van der Waals surface area (Å²) >= 11 is 5.94. The molecule has 1 aromatic carbocycles. The van der Waals surface area contributed by atoms with E-state index in [1.165, 1.54) is 6.92 Å². The predicted octanol–water partition coefficient (Wildman–Crippen LogP) is 2.99. The number of hydrogen-bond donors (Lipinski definition) is 0. The lowest BCUT2D eigenvalue weighted by atomic mass is 10.2. The minimum Gasteiger partial charge on any atom is -0.459 e. The first-order valence-electron chi connectivity index (χ1n) is 6.21. The number of hydrogen-bond acceptors (Lipinski definition) is 4. The molecule has 0 radical (unpaired) electrons. The van der Waals surface area contributed by atoms with Gasteiger partial charge in [-0.2, -0.15) is 0 Å². The molecule has 0 bridgehead atoms. The fraction of sp³-hybridized carbons (Fsp3) is 0.500. The number of ether oxygens (including phenoxy) is 1. The Morgan fingerprint density at radius 3 is 2.35 bits per heavy atom. The van der Waals surface area contributed by atoms with E-state index in [1.807, 2.05) is 0 Å². The average molecular weight is 319 g/mol. The molecule has 6 heteroatoms. The van der Waals surface area contributed by atoms with E-state index in [0.29, 0.717) is 10.6 Å². The monoisotopic (exact) mass is 318 g/mol. The summed E-state index contributed by atoms with van der Waals surface area (Å²) in [6, 6.07) is 6.66. The number of rotatable bonds is 4. The largest absolute Gasteiger partial charge is 0.459 e. The van der Waals surface area contributed by atoms with Crippen molar-refractivity contribution in [2.75, 3.05) is 0 Å². The fourth-order valence-electron chi connectivity index (χ4n) is 1.49. The predicted molar refractivity (Wildman–Crippen MR) is 79.4 cm³/mol. The van der Waals surface area contributed by atoms with Crippen LogP contribution in [-0.2, 0) is 25.1 Å². The van der Waals surface area contributed by atoms with Crippen molar-refractivity contribution in [2.24, 2.45) is 0 Å². The number of halogens is 1. The van der Waals surface area contributed by atoms with Gasteiger partial charge in [-0.15, -0.1) is 0 Å². The van der Waals surface area contributed by atoms with Crippen molar-refractivity contribution in [3.8, 4) is 0 Å². The van der Waals surface area contributed by atoms with Crippen LogP contribution in [0.4, 0.5) is 0 Å². The van der Waals surface area contributed by atoms with Gasteiger partial charge in [0.05, 0.1) is 5.75 Å². The first-order chi connectivity index (χ1) is 9.03. The second-order valence-electron chi connectivity index (χ2n) is 5.57. The Morgan fingerprint density at radius 2 is 1.85 bits per heavy atom. The zero-order valence-corrected chi connectivity index (χ0v) is 13.6. The van der Waals surface area contributed by atoms with Gasteiger partial charge in [0.2, 0.25) is 0 Å². The molecule has 0 N–H and O–H groups in total. The molecule has 0 aromatic heterocycles. The van der Waals surface area contributed by atoms with Gasteiger partial charge in [-0.25, -0.2) is 8.42 Å². The third-order valence-corrected chi connectivity index (χ3v) is 4.94. The molecule has 1 unspecified atom stereocenters. The van der Waals surface area contributed by atoms with E-state index in [1.54, 1.807) is 45.0 Å². The lowest BCUT2D eigenvalue weighted by Gasteiger charge is -2.22. The van der Waals surface area contributed by atoms with Crippen molar-refractivity contribution in [3.63, 3.8) is 0 Å². The van der Waals surface area contributed by atoms with Crippen LogP contribution < -0.4 is 0 Å². The minimum atomic E-state index is -3.67. The van der Waals surface area contributed by atoms with Crippen LogP contribution in [0.3, 0.4) is 0 Å². The van der Waals surface area contributed by atoms with Gasteiger partial charge < -0.3 is 4.74 Å². The van der Waals surface area contributed by atoms with E-state index >= 15 is 0 Å². The van der Waals surface area contributed by atoms with Crippen LogP contribution in [0, 0.1) is 0 Å². The normalized spacial score (nSPS) is 13.8. The van der Waals surface area contributed by atoms with E-state index in [4.69, 9.17) is 16.3 Å². The van der Waals surface area contributed by atoms with Gasteiger partial charge in [-0.3, -0.25) is 4.79 Å². The van der Waals surface area contributed by atoms with Crippen molar-refractivity contribution in [1.29, 1.82) is 0 Å². The lowest BCUT2D eigenvalue weighted by molar-refractivity contribution is -0.153. The van der Waals surface area contributed by atoms with Crippen molar-refractivity contribution < 1.29 is 17.9 Å². The molecule has 0 spiro atoms. The van der Waals surface area contributed by atoms with E-state index in [9.17, 15) is 13.2 Å². The second-order valence-corrected chi connectivity index (χ2v) is 8.30. The van der Waals surface area contributed by atoms with Crippen LogP contribution in [0.25, 0.3) is 0 Å². The summed E-state index contributed by atoms with van der Waals surface area (Å²) in [5, 5.41) is -0.856. The highest BCUT2D eigenvalue weighted by atomic mass is 35.5. The highest BCUT2D eigenvalue weighted by Gasteiger charge is 2.32. The zero-order chi connectivity index (χ0) is 15.6. The van der Waals surface area contributed by atoms with E-state index in [2.05, 4.69) is 0 Å². The summed E-state index contributed by atoms with van der Waals surface area (Å²) < 4.78 is 29.5. The Balaban J connectivity index is 2.89.